The second-order valence-electron chi connectivity index (χ2n) is 8.44. The van der Waals surface area contributed by atoms with Gasteiger partial charge in [0.2, 0.25) is 34.8 Å². The lowest BCUT2D eigenvalue weighted by Crippen LogP contribution is -2.03. The van der Waals surface area contributed by atoms with Crippen LogP contribution in [0.4, 0.5) is 28.9 Å². The molecule has 0 saturated carbocycles. The molecule has 0 aromatic heterocycles. The van der Waals surface area contributed by atoms with E-state index in [2.05, 4.69) is 9.98 Å². The summed E-state index contributed by atoms with van der Waals surface area (Å²) in [5, 5.41) is 0. The number of benzene rings is 5. The summed E-state index contributed by atoms with van der Waals surface area (Å²) in [6.45, 7) is 0. The molecule has 0 aliphatic heterocycles. The number of ether oxygens (including phenoxy) is 2. The molecule has 0 saturated heterocycles. The van der Waals surface area contributed by atoms with E-state index in [0.717, 1.165) is 11.1 Å². The van der Waals surface area contributed by atoms with Crippen LogP contribution in [0.5, 0.6) is 23.0 Å². The third-order valence-corrected chi connectivity index (χ3v) is 5.62. The van der Waals surface area contributed by atoms with E-state index in [1.807, 2.05) is 60.7 Å². The molecule has 0 aliphatic carbocycles. The smallest absolute Gasteiger partial charge is 0.208 e. The Bertz CT molecular complexity index is 1500. The standard InChI is InChI=1S/C32H20F4N2O2/c33-27-29(35)32(40-26-17-13-24(14-18-26)38-20-22-9-5-2-6-10-22)30(36)28(34)31(27)39-25-15-11-23(12-16-25)37-19-21-7-3-1-4-8-21/h1-20H. The summed E-state index contributed by atoms with van der Waals surface area (Å²) < 4.78 is 69.4. The van der Waals surface area contributed by atoms with Crippen LogP contribution in [0, 0.1) is 23.3 Å². The summed E-state index contributed by atoms with van der Waals surface area (Å²) in [5.41, 5.74) is 2.84. The van der Waals surface area contributed by atoms with Crippen LogP contribution < -0.4 is 9.47 Å². The predicted octanol–water partition coefficient (Wildman–Crippen LogP) is 9.33. The quantitative estimate of drug-likeness (QED) is 0.112. The van der Waals surface area contributed by atoms with Crippen LogP contribution in [0.1, 0.15) is 11.1 Å². The molecule has 0 N–H and O–H groups in total. The summed E-state index contributed by atoms with van der Waals surface area (Å²) in [6, 6.07) is 30.4. The highest BCUT2D eigenvalue weighted by molar-refractivity contribution is 5.82. The van der Waals surface area contributed by atoms with Crippen LogP contribution >= 0.6 is 0 Å². The Morgan fingerprint density at radius 2 is 0.750 bits per heavy atom. The van der Waals surface area contributed by atoms with Crippen LogP contribution in [-0.2, 0) is 0 Å². The van der Waals surface area contributed by atoms with Gasteiger partial charge in [0.25, 0.3) is 0 Å². The first kappa shape index (κ1) is 26.4. The van der Waals surface area contributed by atoms with Crippen molar-refractivity contribution in [1.82, 2.24) is 0 Å². The zero-order chi connectivity index (χ0) is 27.9. The maximum Gasteiger partial charge on any atom is 0.208 e. The molecule has 0 radical (unpaired) electrons. The van der Waals surface area contributed by atoms with Gasteiger partial charge in [-0.2, -0.15) is 17.6 Å². The third kappa shape index (κ3) is 6.24. The van der Waals surface area contributed by atoms with Crippen molar-refractivity contribution in [2.45, 2.75) is 0 Å². The van der Waals surface area contributed by atoms with Crippen molar-refractivity contribution >= 4 is 23.8 Å². The molecule has 0 fully saturated rings. The fraction of sp³-hybridized carbons (Fsp3) is 0. The van der Waals surface area contributed by atoms with Gasteiger partial charge in [-0.25, -0.2) is 0 Å². The number of hydrogen-bond acceptors (Lipinski definition) is 4. The summed E-state index contributed by atoms with van der Waals surface area (Å²) >= 11 is 0. The highest BCUT2D eigenvalue weighted by Gasteiger charge is 2.29. The molecule has 5 aromatic rings. The van der Waals surface area contributed by atoms with Crippen LogP contribution in [0.15, 0.2) is 119 Å². The van der Waals surface area contributed by atoms with E-state index >= 15 is 0 Å². The van der Waals surface area contributed by atoms with Gasteiger partial charge in [0.1, 0.15) is 11.5 Å². The van der Waals surface area contributed by atoms with Gasteiger partial charge in [-0.1, -0.05) is 60.7 Å². The minimum Gasteiger partial charge on any atom is -0.451 e. The summed E-state index contributed by atoms with van der Waals surface area (Å²) in [6.07, 6.45) is 3.29. The second kappa shape index (κ2) is 12.1. The molecule has 5 aromatic carbocycles. The van der Waals surface area contributed by atoms with Crippen LogP contribution in [0.25, 0.3) is 0 Å². The molecule has 0 bridgehead atoms. The van der Waals surface area contributed by atoms with E-state index in [-0.39, 0.29) is 11.5 Å². The average Bonchev–Trinajstić information content (AvgIpc) is 3.00. The minimum absolute atomic E-state index is 0.0458. The van der Waals surface area contributed by atoms with Crippen LogP contribution in [0.2, 0.25) is 0 Å². The molecule has 0 aliphatic rings. The molecule has 0 amide bonds. The Balaban J connectivity index is 1.30. The van der Waals surface area contributed by atoms with Crippen LogP contribution in [0.3, 0.4) is 0 Å². The Labute approximate surface area is 227 Å². The summed E-state index contributed by atoms with van der Waals surface area (Å²) in [7, 11) is 0. The highest BCUT2D eigenvalue weighted by Crippen LogP contribution is 2.39. The third-order valence-electron chi connectivity index (χ3n) is 5.62. The lowest BCUT2D eigenvalue weighted by molar-refractivity contribution is 0.330. The van der Waals surface area contributed by atoms with Gasteiger partial charge < -0.3 is 9.47 Å². The predicted molar refractivity (Wildman–Crippen MR) is 147 cm³/mol. The first-order chi connectivity index (χ1) is 19.5. The van der Waals surface area contributed by atoms with Gasteiger partial charge in [0, 0.05) is 12.4 Å². The molecule has 0 spiro atoms. The van der Waals surface area contributed by atoms with Crippen LogP contribution in [-0.4, -0.2) is 12.4 Å². The zero-order valence-corrected chi connectivity index (χ0v) is 20.8. The molecule has 0 atom stereocenters. The average molecular weight is 541 g/mol. The fourth-order valence-corrected chi connectivity index (χ4v) is 3.58. The number of aliphatic imine (C=N–C) groups is 2. The van der Waals surface area contributed by atoms with E-state index in [4.69, 9.17) is 9.47 Å². The zero-order valence-electron chi connectivity index (χ0n) is 20.8. The molecule has 4 nitrogen and oxygen atoms in total. The first-order valence-electron chi connectivity index (χ1n) is 12.1. The maximum absolute atomic E-state index is 14.8. The van der Waals surface area contributed by atoms with Gasteiger partial charge in [-0.15, -0.1) is 0 Å². The lowest BCUT2D eigenvalue weighted by atomic mass is 10.2. The largest absolute Gasteiger partial charge is 0.451 e. The number of nitrogens with zero attached hydrogens (tertiary/aromatic N) is 2. The SMILES string of the molecule is Fc1c(F)c(Oc2ccc(N=Cc3ccccc3)cc2)c(F)c(F)c1Oc1ccc(N=Cc2ccccc2)cc1. The van der Waals surface area contributed by atoms with Crippen molar-refractivity contribution in [3.05, 3.63) is 144 Å². The molecule has 8 heteroatoms. The normalized spacial score (nSPS) is 11.3. The van der Waals surface area contributed by atoms with E-state index < -0.39 is 34.8 Å². The van der Waals surface area contributed by atoms with Crippen molar-refractivity contribution in [2.24, 2.45) is 9.98 Å². The molecular formula is C32H20F4N2O2. The van der Waals surface area contributed by atoms with Gasteiger partial charge in [-0.3, -0.25) is 9.98 Å². The van der Waals surface area contributed by atoms with Gasteiger partial charge in [0.15, 0.2) is 0 Å². The molecule has 0 unspecified atom stereocenters. The number of hydrogen-bond donors (Lipinski definition) is 0. The molecule has 5 rings (SSSR count). The molecule has 0 heterocycles. The fourth-order valence-electron chi connectivity index (χ4n) is 3.58. The monoisotopic (exact) mass is 540 g/mol. The maximum atomic E-state index is 14.8. The Kier molecular flexibility index (Phi) is 7.97. The van der Waals surface area contributed by atoms with Crippen molar-refractivity contribution in [2.75, 3.05) is 0 Å². The lowest BCUT2D eigenvalue weighted by Gasteiger charge is -2.13. The first-order valence-corrected chi connectivity index (χ1v) is 12.1. The van der Waals surface area contributed by atoms with Crippen molar-refractivity contribution < 1.29 is 27.0 Å². The molecule has 40 heavy (non-hydrogen) atoms. The number of rotatable bonds is 8. The topological polar surface area (TPSA) is 43.2 Å². The second-order valence-corrected chi connectivity index (χ2v) is 8.44. The Hall–Kier alpha value is -5.24. The van der Waals surface area contributed by atoms with Crippen molar-refractivity contribution in [1.29, 1.82) is 0 Å². The highest BCUT2D eigenvalue weighted by atomic mass is 19.2. The Morgan fingerprint density at radius 1 is 0.425 bits per heavy atom. The van der Waals surface area contributed by atoms with Crippen molar-refractivity contribution in [3.8, 4) is 23.0 Å². The molecule has 198 valence electrons. The summed E-state index contributed by atoms with van der Waals surface area (Å²) in [5.74, 6) is -9.48. The number of halogens is 4. The van der Waals surface area contributed by atoms with E-state index in [1.165, 1.54) is 48.5 Å². The van der Waals surface area contributed by atoms with Crippen molar-refractivity contribution in [3.63, 3.8) is 0 Å². The van der Waals surface area contributed by atoms with E-state index in [1.54, 1.807) is 12.4 Å². The molecular weight excluding hydrogens is 520 g/mol. The van der Waals surface area contributed by atoms with Gasteiger partial charge in [0.05, 0.1) is 11.4 Å². The Morgan fingerprint density at radius 3 is 1.07 bits per heavy atom. The van der Waals surface area contributed by atoms with Gasteiger partial charge >= 0.3 is 0 Å². The van der Waals surface area contributed by atoms with E-state index in [9.17, 15) is 17.6 Å². The van der Waals surface area contributed by atoms with E-state index in [0.29, 0.717) is 11.4 Å². The minimum atomic E-state index is -1.73. The summed E-state index contributed by atoms with van der Waals surface area (Å²) in [4.78, 5) is 8.59. The van der Waals surface area contributed by atoms with Gasteiger partial charge in [-0.05, 0) is 59.7 Å².